The van der Waals surface area contributed by atoms with E-state index in [-0.39, 0.29) is 17.6 Å². The molecule has 0 saturated heterocycles. The lowest BCUT2D eigenvalue weighted by Crippen LogP contribution is -2.39. The second-order valence-electron chi connectivity index (χ2n) is 5.74. The number of hydrazone groups is 1. The standard InChI is InChI=1S/C18H15FN2O2S/c1-23-14-5-3-13(4-6-14)21-17(22)8-11-10-24-16-7-2-12(19)9-15(16)18(11)20-21/h2-7,9,11H,8,10H2,1H3. The Bertz CT molecular complexity index is 835. The Morgan fingerprint density at radius 1 is 1.25 bits per heavy atom. The molecular formula is C18H15FN2O2S. The van der Waals surface area contributed by atoms with E-state index in [9.17, 15) is 9.18 Å². The molecule has 2 aromatic carbocycles. The van der Waals surface area contributed by atoms with E-state index in [1.807, 2.05) is 0 Å². The fraction of sp³-hybridized carbons (Fsp3) is 0.222. The van der Waals surface area contributed by atoms with E-state index in [0.29, 0.717) is 12.1 Å². The maximum absolute atomic E-state index is 13.7. The first-order chi connectivity index (χ1) is 11.7. The van der Waals surface area contributed by atoms with Gasteiger partial charge in [0, 0.05) is 28.6 Å². The van der Waals surface area contributed by atoms with Crippen LogP contribution >= 0.6 is 11.8 Å². The van der Waals surface area contributed by atoms with Crippen LogP contribution < -0.4 is 9.75 Å². The Morgan fingerprint density at radius 2 is 2.04 bits per heavy atom. The van der Waals surface area contributed by atoms with E-state index in [1.54, 1.807) is 49.2 Å². The Labute approximate surface area is 143 Å². The van der Waals surface area contributed by atoms with Crippen molar-refractivity contribution in [3.63, 3.8) is 0 Å². The number of methoxy groups -OCH3 is 1. The second kappa shape index (κ2) is 5.94. The molecule has 2 aliphatic rings. The van der Waals surface area contributed by atoms with Gasteiger partial charge in [-0.15, -0.1) is 11.8 Å². The van der Waals surface area contributed by atoms with Crippen LogP contribution in [0, 0.1) is 11.7 Å². The molecule has 1 unspecified atom stereocenters. The Hall–Kier alpha value is -2.34. The van der Waals surface area contributed by atoms with Crippen molar-refractivity contribution in [2.24, 2.45) is 11.0 Å². The summed E-state index contributed by atoms with van der Waals surface area (Å²) in [4.78, 5) is 13.5. The number of fused-ring (bicyclic) bond motifs is 3. The van der Waals surface area contributed by atoms with E-state index in [1.165, 1.54) is 17.1 Å². The minimum atomic E-state index is -0.286. The lowest BCUT2D eigenvalue weighted by molar-refractivity contribution is -0.119. The molecule has 122 valence electrons. The molecule has 4 nitrogen and oxygen atoms in total. The molecule has 2 aromatic rings. The maximum Gasteiger partial charge on any atom is 0.248 e. The molecule has 0 spiro atoms. The Kier molecular flexibility index (Phi) is 3.76. The first kappa shape index (κ1) is 15.2. The molecule has 0 radical (unpaired) electrons. The summed E-state index contributed by atoms with van der Waals surface area (Å²) in [6.07, 6.45) is 0.383. The smallest absolute Gasteiger partial charge is 0.248 e. The van der Waals surface area contributed by atoms with Gasteiger partial charge in [-0.3, -0.25) is 4.79 Å². The number of ether oxygens (including phenoxy) is 1. The van der Waals surface area contributed by atoms with Crippen molar-refractivity contribution in [3.05, 3.63) is 53.8 Å². The van der Waals surface area contributed by atoms with Crippen LogP contribution in [0.4, 0.5) is 10.1 Å². The zero-order valence-electron chi connectivity index (χ0n) is 13.0. The second-order valence-corrected chi connectivity index (χ2v) is 6.80. The van der Waals surface area contributed by atoms with Crippen LogP contribution in [0.15, 0.2) is 52.5 Å². The van der Waals surface area contributed by atoms with Gasteiger partial charge in [0.25, 0.3) is 0 Å². The summed E-state index contributed by atoms with van der Waals surface area (Å²) >= 11 is 1.65. The molecule has 0 saturated carbocycles. The topological polar surface area (TPSA) is 41.9 Å². The van der Waals surface area contributed by atoms with Crippen molar-refractivity contribution in [1.29, 1.82) is 0 Å². The summed E-state index contributed by atoms with van der Waals surface area (Å²) in [5.41, 5.74) is 2.27. The molecular weight excluding hydrogens is 327 g/mol. The van der Waals surface area contributed by atoms with Crippen molar-refractivity contribution in [2.75, 3.05) is 17.9 Å². The highest BCUT2D eigenvalue weighted by molar-refractivity contribution is 7.99. The number of halogens is 1. The van der Waals surface area contributed by atoms with Gasteiger partial charge in [0.1, 0.15) is 11.6 Å². The predicted molar refractivity (Wildman–Crippen MR) is 92.2 cm³/mol. The van der Waals surface area contributed by atoms with E-state index in [2.05, 4.69) is 5.10 Å². The summed E-state index contributed by atoms with van der Waals surface area (Å²) in [7, 11) is 1.59. The predicted octanol–water partition coefficient (Wildman–Crippen LogP) is 3.70. The average Bonchev–Trinajstić information content (AvgIpc) is 2.61. The fourth-order valence-electron chi connectivity index (χ4n) is 2.99. The summed E-state index contributed by atoms with van der Waals surface area (Å²) in [6.45, 7) is 0. The molecule has 2 heterocycles. The van der Waals surface area contributed by atoms with E-state index in [4.69, 9.17) is 4.74 Å². The number of nitrogens with zero attached hydrogens (tertiary/aromatic N) is 2. The molecule has 0 aromatic heterocycles. The van der Waals surface area contributed by atoms with Gasteiger partial charge in [-0.1, -0.05) is 0 Å². The zero-order chi connectivity index (χ0) is 16.7. The minimum Gasteiger partial charge on any atom is -0.497 e. The van der Waals surface area contributed by atoms with Crippen LogP contribution in [-0.4, -0.2) is 24.5 Å². The normalized spacial score (nSPS) is 19.4. The van der Waals surface area contributed by atoms with Crippen LogP contribution in [0.1, 0.15) is 12.0 Å². The third-order valence-electron chi connectivity index (χ3n) is 4.23. The van der Waals surface area contributed by atoms with Crippen molar-refractivity contribution in [1.82, 2.24) is 0 Å². The maximum atomic E-state index is 13.7. The van der Waals surface area contributed by atoms with Crippen LogP contribution in [-0.2, 0) is 4.79 Å². The number of amides is 1. The van der Waals surface area contributed by atoms with E-state index >= 15 is 0 Å². The van der Waals surface area contributed by atoms with E-state index < -0.39 is 0 Å². The highest BCUT2D eigenvalue weighted by atomic mass is 32.2. The molecule has 0 fully saturated rings. The highest BCUT2D eigenvalue weighted by Gasteiger charge is 2.35. The first-order valence-corrected chi connectivity index (χ1v) is 8.62. The van der Waals surface area contributed by atoms with Gasteiger partial charge in [-0.2, -0.15) is 5.10 Å². The van der Waals surface area contributed by atoms with Crippen molar-refractivity contribution in [2.45, 2.75) is 11.3 Å². The van der Waals surface area contributed by atoms with Crippen molar-refractivity contribution in [3.8, 4) is 5.75 Å². The van der Waals surface area contributed by atoms with Gasteiger partial charge in [0.2, 0.25) is 5.91 Å². The number of carbonyl (C=O) groups is 1. The highest BCUT2D eigenvalue weighted by Crippen LogP contribution is 2.38. The van der Waals surface area contributed by atoms with Crippen molar-refractivity contribution < 1.29 is 13.9 Å². The van der Waals surface area contributed by atoms with Crippen LogP contribution in [0.25, 0.3) is 0 Å². The van der Waals surface area contributed by atoms with Crippen molar-refractivity contribution >= 4 is 29.1 Å². The largest absolute Gasteiger partial charge is 0.497 e. The summed E-state index contributed by atoms with van der Waals surface area (Å²) < 4.78 is 18.8. The molecule has 6 heteroatoms. The van der Waals surface area contributed by atoms with Gasteiger partial charge < -0.3 is 4.74 Å². The number of carbonyl (C=O) groups excluding carboxylic acids is 1. The van der Waals surface area contributed by atoms with E-state index in [0.717, 1.165) is 27.7 Å². The monoisotopic (exact) mass is 342 g/mol. The Balaban J connectivity index is 1.77. The summed E-state index contributed by atoms with van der Waals surface area (Å²) in [5.74, 6) is 1.21. The summed E-state index contributed by atoms with van der Waals surface area (Å²) in [6, 6.07) is 11.9. The number of hydrogen-bond donors (Lipinski definition) is 0. The first-order valence-electron chi connectivity index (χ1n) is 7.64. The molecule has 24 heavy (non-hydrogen) atoms. The quantitative estimate of drug-likeness (QED) is 0.836. The lowest BCUT2D eigenvalue weighted by atomic mass is 9.93. The SMILES string of the molecule is COc1ccc(N2N=C3c4cc(F)ccc4SCC3CC2=O)cc1. The lowest BCUT2D eigenvalue weighted by Gasteiger charge is -2.33. The van der Waals surface area contributed by atoms with Gasteiger partial charge in [0.05, 0.1) is 18.5 Å². The Morgan fingerprint density at radius 3 is 2.79 bits per heavy atom. The van der Waals surface area contributed by atoms with Crippen LogP contribution in [0.5, 0.6) is 5.75 Å². The number of rotatable bonds is 2. The van der Waals surface area contributed by atoms with Crippen LogP contribution in [0.2, 0.25) is 0 Å². The molecule has 4 rings (SSSR count). The number of hydrogen-bond acceptors (Lipinski definition) is 4. The third kappa shape index (κ3) is 2.57. The van der Waals surface area contributed by atoms with Gasteiger partial charge in [0.15, 0.2) is 0 Å². The molecule has 0 aliphatic carbocycles. The average molecular weight is 342 g/mol. The van der Waals surface area contributed by atoms with Gasteiger partial charge in [-0.05, 0) is 42.5 Å². The summed E-state index contributed by atoms with van der Waals surface area (Å²) in [5, 5.41) is 5.99. The molecule has 2 aliphatic heterocycles. The zero-order valence-corrected chi connectivity index (χ0v) is 13.8. The number of benzene rings is 2. The number of anilines is 1. The van der Waals surface area contributed by atoms with Gasteiger partial charge >= 0.3 is 0 Å². The van der Waals surface area contributed by atoms with Gasteiger partial charge in [-0.25, -0.2) is 9.40 Å². The molecule has 1 amide bonds. The third-order valence-corrected chi connectivity index (χ3v) is 5.46. The molecule has 0 bridgehead atoms. The fourth-order valence-corrected chi connectivity index (χ4v) is 4.13. The number of thioether (sulfide) groups is 1. The molecule has 0 N–H and O–H groups in total. The minimum absolute atomic E-state index is 0.0336. The van der Waals surface area contributed by atoms with Crippen LogP contribution in [0.3, 0.4) is 0 Å². The molecule has 1 atom stereocenters.